The molecule has 2 unspecified atom stereocenters. The van der Waals surface area contributed by atoms with E-state index in [1.165, 1.54) is 12.1 Å². The Hall–Kier alpha value is -3.38. The number of hydrogen-bond acceptors (Lipinski definition) is 6. The van der Waals surface area contributed by atoms with Gasteiger partial charge in [-0.25, -0.2) is 4.68 Å². The molecule has 0 saturated heterocycles. The first kappa shape index (κ1) is 30.1. The van der Waals surface area contributed by atoms with Gasteiger partial charge >= 0.3 is 6.18 Å². The van der Waals surface area contributed by atoms with Gasteiger partial charge in [-0.2, -0.15) is 18.3 Å². The van der Waals surface area contributed by atoms with Crippen LogP contribution in [0.1, 0.15) is 54.1 Å². The molecule has 1 saturated carbocycles. The molecule has 0 amide bonds. The van der Waals surface area contributed by atoms with Crippen LogP contribution in [0.4, 0.5) is 13.2 Å². The van der Waals surface area contributed by atoms with Gasteiger partial charge in [0.25, 0.3) is 0 Å². The summed E-state index contributed by atoms with van der Waals surface area (Å²) in [7, 11) is 0. The van der Waals surface area contributed by atoms with E-state index in [4.69, 9.17) is 9.47 Å². The fourth-order valence-corrected chi connectivity index (χ4v) is 5.97. The van der Waals surface area contributed by atoms with Crippen LogP contribution >= 0.6 is 0 Å². The van der Waals surface area contributed by atoms with E-state index in [9.17, 15) is 28.5 Å². The minimum Gasteiger partial charge on any atom is -0.493 e. The van der Waals surface area contributed by atoms with Crippen molar-refractivity contribution < 1.29 is 38.0 Å². The number of rotatable bonds is 12. The second-order valence-electron chi connectivity index (χ2n) is 10.6. The van der Waals surface area contributed by atoms with Crippen molar-refractivity contribution in [2.24, 2.45) is 0 Å². The average molecular weight is 588 g/mol. The van der Waals surface area contributed by atoms with Crippen LogP contribution in [0.2, 0.25) is 0 Å². The van der Waals surface area contributed by atoms with E-state index >= 15 is 0 Å². The Labute approximate surface area is 241 Å². The van der Waals surface area contributed by atoms with E-state index in [1.807, 2.05) is 35.8 Å². The quantitative estimate of drug-likeness (QED) is 0.195. The summed E-state index contributed by atoms with van der Waals surface area (Å²) in [4.78, 5) is 0. The molecule has 8 nitrogen and oxygen atoms in total. The summed E-state index contributed by atoms with van der Waals surface area (Å²) in [6.07, 6.45) is -5.63. The van der Waals surface area contributed by atoms with Crippen LogP contribution < -0.4 is 0 Å². The highest BCUT2D eigenvalue weighted by Gasteiger charge is 2.56. The molecular weight excluding hydrogens is 551 g/mol. The molecule has 5 rings (SSSR count). The van der Waals surface area contributed by atoms with Gasteiger partial charge in [0.15, 0.2) is 5.69 Å². The van der Waals surface area contributed by atoms with Crippen molar-refractivity contribution in [3.05, 3.63) is 77.1 Å². The molecule has 226 valence electrons. The molecule has 1 aliphatic rings. The zero-order chi connectivity index (χ0) is 30.0. The lowest BCUT2D eigenvalue weighted by atomic mass is 9.62. The fraction of sp³-hybridized carbons (Fsp3) is 0.452. The van der Waals surface area contributed by atoms with Crippen molar-refractivity contribution in [3.8, 4) is 11.6 Å². The minimum absolute atomic E-state index is 0.222. The number of ether oxygens (including phenoxy) is 2. The first-order valence-electron chi connectivity index (χ1n) is 14.2. The lowest BCUT2D eigenvalue weighted by molar-refractivity contribution is -0.144. The van der Waals surface area contributed by atoms with Crippen molar-refractivity contribution in [3.63, 3.8) is 0 Å². The number of aromatic nitrogens is 3. The highest BCUT2D eigenvalue weighted by molar-refractivity contribution is 5.86. The van der Waals surface area contributed by atoms with Crippen LogP contribution in [0.15, 0.2) is 54.6 Å². The SMILES string of the molecule is CCCCOCCOCCn1c(C)c(C2C(O)C(c3c(C(F)(F)F)nn(-c4ccccc4)c3O)C2O)c2ccccc21. The fourth-order valence-electron chi connectivity index (χ4n) is 5.97. The Bertz CT molecular complexity index is 1490. The van der Waals surface area contributed by atoms with Crippen molar-refractivity contribution in [1.29, 1.82) is 0 Å². The molecule has 42 heavy (non-hydrogen) atoms. The normalized spacial score (nSPS) is 20.7. The van der Waals surface area contributed by atoms with Crippen LogP contribution in [-0.2, 0) is 22.2 Å². The van der Waals surface area contributed by atoms with Gasteiger partial charge in [0, 0.05) is 41.6 Å². The molecule has 0 spiro atoms. The van der Waals surface area contributed by atoms with Gasteiger partial charge in [-0.05, 0) is 37.1 Å². The van der Waals surface area contributed by atoms with Crippen LogP contribution in [0, 0.1) is 6.92 Å². The Kier molecular flexibility index (Phi) is 8.93. The molecule has 2 atom stereocenters. The Morgan fingerprint density at radius 1 is 0.857 bits per heavy atom. The van der Waals surface area contributed by atoms with E-state index < -0.39 is 47.4 Å². The Balaban J connectivity index is 1.41. The molecule has 4 aromatic rings. The summed E-state index contributed by atoms with van der Waals surface area (Å²) < 4.78 is 56.4. The zero-order valence-electron chi connectivity index (χ0n) is 23.6. The molecule has 0 radical (unpaired) electrons. The second-order valence-corrected chi connectivity index (χ2v) is 10.6. The maximum atomic E-state index is 14.1. The minimum atomic E-state index is -4.91. The number of halogens is 3. The lowest BCUT2D eigenvalue weighted by Gasteiger charge is -2.47. The van der Waals surface area contributed by atoms with Crippen LogP contribution in [0.3, 0.4) is 0 Å². The van der Waals surface area contributed by atoms with Gasteiger partial charge in [0.1, 0.15) is 0 Å². The van der Waals surface area contributed by atoms with E-state index in [0.29, 0.717) is 38.5 Å². The molecule has 0 bridgehead atoms. The van der Waals surface area contributed by atoms with Gasteiger partial charge in [-0.3, -0.25) is 0 Å². The number of fused-ring (bicyclic) bond motifs is 1. The number of alkyl halides is 3. The predicted octanol–water partition coefficient (Wildman–Crippen LogP) is 5.30. The standard InChI is InChI=1S/C31H36F3N3O5/c1-3-4-15-41-17-18-42-16-14-36-19(2)23(21-12-8-9-13-22(21)36)24-27(38)25(28(24)39)26-29(31(32,33)34)35-37(30(26)40)20-10-6-5-7-11-20/h5-13,24-25,27-28,38-40H,3-4,14-18H2,1-2H3. The number of nitrogens with zero attached hydrogens (tertiary/aromatic N) is 3. The number of aliphatic hydroxyl groups is 2. The van der Waals surface area contributed by atoms with Crippen LogP contribution in [-0.4, -0.2) is 68.3 Å². The summed E-state index contributed by atoms with van der Waals surface area (Å²) in [5.41, 5.74) is 0.583. The molecule has 2 heterocycles. The number of unbranched alkanes of at least 4 members (excludes halogenated alkanes) is 1. The number of para-hydroxylation sites is 2. The first-order valence-corrected chi connectivity index (χ1v) is 14.2. The maximum absolute atomic E-state index is 14.1. The Morgan fingerprint density at radius 3 is 2.14 bits per heavy atom. The summed E-state index contributed by atoms with van der Waals surface area (Å²) in [5, 5.41) is 38.1. The van der Waals surface area contributed by atoms with Gasteiger partial charge < -0.3 is 29.4 Å². The third kappa shape index (κ3) is 5.54. The van der Waals surface area contributed by atoms with Crippen molar-refractivity contribution >= 4 is 10.9 Å². The number of hydrogen-bond donors (Lipinski definition) is 3. The number of benzene rings is 2. The second kappa shape index (κ2) is 12.5. The van der Waals surface area contributed by atoms with Crippen molar-refractivity contribution in [2.45, 2.75) is 63.5 Å². The number of aliphatic hydroxyl groups excluding tert-OH is 2. The smallest absolute Gasteiger partial charge is 0.435 e. The van der Waals surface area contributed by atoms with Gasteiger partial charge in [-0.1, -0.05) is 49.7 Å². The molecule has 1 fully saturated rings. The van der Waals surface area contributed by atoms with Crippen molar-refractivity contribution in [2.75, 3.05) is 26.4 Å². The maximum Gasteiger partial charge on any atom is 0.435 e. The monoisotopic (exact) mass is 587 g/mol. The third-order valence-electron chi connectivity index (χ3n) is 8.06. The molecular formula is C31H36F3N3O5. The molecule has 3 N–H and O–H groups in total. The van der Waals surface area contributed by atoms with E-state index in [2.05, 4.69) is 12.0 Å². The average Bonchev–Trinajstić information content (AvgIpc) is 3.45. The predicted molar refractivity (Wildman–Crippen MR) is 151 cm³/mol. The van der Waals surface area contributed by atoms with Gasteiger partial charge in [0.05, 0.1) is 43.3 Å². The summed E-state index contributed by atoms with van der Waals surface area (Å²) in [6, 6.07) is 15.4. The summed E-state index contributed by atoms with van der Waals surface area (Å²) >= 11 is 0. The van der Waals surface area contributed by atoms with Gasteiger partial charge in [0.2, 0.25) is 5.88 Å². The highest BCUT2D eigenvalue weighted by atomic mass is 19.4. The van der Waals surface area contributed by atoms with E-state index in [1.54, 1.807) is 18.2 Å². The topological polar surface area (TPSA) is 102 Å². The van der Waals surface area contributed by atoms with Crippen LogP contribution in [0.25, 0.3) is 16.6 Å². The number of aromatic hydroxyl groups is 1. The first-order chi connectivity index (χ1) is 20.2. The lowest BCUT2D eigenvalue weighted by Crippen LogP contribution is -2.52. The van der Waals surface area contributed by atoms with Crippen molar-refractivity contribution in [1.82, 2.24) is 14.3 Å². The summed E-state index contributed by atoms with van der Waals surface area (Å²) in [5.74, 6) is -3.01. The Morgan fingerprint density at radius 2 is 1.48 bits per heavy atom. The van der Waals surface area contributed by atoms with E-state index in [0.717, 1.165) is 34.1 Å². The molecule has 1 aliphatic carbocycles. The third-order valence-corrected chi connectivity index (χ3v) is 8.06. The highest BCUT2D eigenvalue weighted by Crippen LogP contribution is 2.55. The molecule has 2 aromatic carbocycles. The zero-order valence-corrected chi connectivity index (χ0v) is 23.6. The van der Waals surface area contributed by atoms with E-state index in [-0.39, 0.29) is 5.69 Å². The molecule has 11 heteroatoms. The largest absolute Gasteiger partial charge is 0.493 e. The summed E-state index contributed by atoms with van der Waals surface area (Å²) in [6.45, 7) is 6.55. The van der Waals surface area contributed by atoms with Gasteiger partial charge in [-0.15, -0.1) is 0 Å². The molecule has 2 aromatic heterocycles. The molecule has 0 aliphatic heterocycles. The van der Waals surface area contributed by atoms with Crippen LogP contribution in [0.5, 0.6) is 5.88 Å².